The van der Waals surface area contributed by atoms with Crippen molar-refractivity contribution >= 4 is 5.78 Å². The molecule has 0 fully saturated rings. The van der Waals surface area contributed by atoms with Crippen LogP contribution in [0.1, 0.15) is 57.5 Å². The van der Waals surface area contributed by atoms with Crippen LogP contribution in [0.2, 0.25) is 0 Å². The minimum absolute atomic E-state index is 0.0193. The van der Waals surface area contributed by atoms with Crippen molar-refractivity contribution in [3.63, 3.8) is 0 Å². The average molecular weight is 325 g/mol. The Labute approximate surface area is 148 Å². The summed E-state index contributed by atoms with van der Waals surface area (Å²) in [6.07, 6.45) is 3.86. The molecule has 0 saturated carbocycles. The lowest BCUT2D eigenvalue weighted by Crippen LogP contribution is -2.26. The average Bonchev–Trinajstić information content (AvgIpc) is 2.44. The number of nitrogens with zero attached hydrogens (tertiary/aromatic N) is 1. The zero-order valence-corrected chi connectivity index (χ0v) is 16.2. The standard InChI is InChI=1S/C22H31NO/c1-21(2,3)15-9-8-10-16-23(7)17-20(24)18-11-13-19(14-12-18)22(4,5)6/h8,10-14H,16-17H2,1-7H3/b10-8+. The number of hydrogen-bond acceptors (Lipinski definition) is 2. The lowest BCUT2D eigenvalue weighted by Gasteiger charge is -2.19. The van der Waals surface area contributed by atoms with Crippen LogP contribution in [0.3, 0.4) is 0 Å². The van der Waals surface area contributed by atoms with Gasteiger partial charge >= 0.3 is 0 Å². The Balaban J connectivity index is 2.55. The Kier molecular flexibility index (Phi) is 6.99. The van der Waals surface area contributed by atoms with Gasteiger partial charge in [0.25, 0.3) is 0 Å². The van der Waals surface area contributed by atoms with Crippen molar-refractivity contribution in [3.05, 3.63) is 47.5 Å². The van der Waals surface area contributed by atoms with Gasteiger partial charge in [-0.15, -0.1) is 0 Å². The van der Waals surface area contributed by atoms with Crippen molar-refractivity contribution < 1.29 is 4.79 Å². The van der Waals surface area contributed by atoms with Gasteiger partial charge in [-0.25, -0.2) is 0 Å². The third kappa shape index (κ3) is 7.62. The van der Waals surface area contributed by atoms with E-state index in [9.17, 15) is 4.79 Å². The Morgan fingerprint density at radius 3 is 2.17 bits per heavy atom. The monoisotopic (exact) mass is 325 g/mol. The van der Waals surface area contributed by atoms with Crippen molar-refractivity contribution in [2.24, 2.45) is 5.41 Å². The predicted molar refractivity (Wildman–Crippen MR) is 103 cm³/mol. The van der Waals surface area contributed by atoms with Crippen LogP contribution in [0.4, 0.5) is 0 Å². The molecule has 0 aliphatic carbocycles. The summed E-state index contributed by atoms with van der Waals surface area (Å²) in [5.74, 6) is 6.35. The lowest BCUT2D eigenvalue weighted by molar-refractivity contribution is 0.0952. The zero-order valence-electron chi connectivity index (χ0n) is 16.2. The highest BCUT2D eigenvalue weighted by Gasteiger charge is 2.14. The Bertz CT molecular complexity index is 628. The highest BCUT2D eigenvalue weighted by Crippen LogP contribution is 2.22. The summed E-state index contributed by atoms with van der Waals surface area (Å²) in [5, 5.41) is 0. The molecule has 24 heavy (non-hydrogen) atoms. The molecule has 0 radical (unpaired) electrons. The van der Waals surface area contributed by atoms with E-state index < -0.39 is 0 Å². The van der Waals surface area contributed by atoms with E-state index in [1.165, 1.54) is 5.56 Å². The van der Waals surface area contributed by atoms with E-state index in [-0.39, 0.29) is 16.6 Å². The summed E-state index contributed by atoms with van der Waals surface area (Å²) >= 11 is 0. The van der Waals surface area contributed by atoms with Gasteiger partial charge in [-0.05, 0) is 44.9 Å². The van der Waals surface area contributed by atoms with Gasteiger partial charge in [0.05, 0.1) is 6.54 Å². The molecule has 0 aliphatic heterocycles. The summed E-state index contributed by atoms with van der Waals surface area (Å²) in [4.78, 5) is 14.3. The van der Waals surface area contributed by atoms with Gasteiger partial charge in [0.1, 0.15) is 0 Å². The number of Topliss-reactive ketones (excluding diaryl/α,β-unsaturated/α-hetero) is 1. The SMILES string of the molecule is CN(C/C=C/C#CC(C)(C)C)CC(=O)c1ccc(C(C)(C)C)cc1. The van der Waals surface area contributed by atoms with Gasteiger partial charge in [0.2, 0.25) is 0 Å². The van der Waals surface area contributed by atoms with Crippen LogP contribution in [-0.2, 0) is 5.41 Å². The van der Waals surface area contributed by atoms with Gasteiger partial charge in [-0.1, -0.05) is 63.0 Å². The molecule has 0 spiro atoms. The molecule has 2 heteroatoms. The third-order valence-corrected chi connectivity index (χ3v) is 3.55. The summed E-state index contributed by atoms with van der Waals surface area (Å²) in [6.45, 7) is 13.9. The van der Waals surface area contributed by atoms with Crippen LogP contribution in [0, 0.1) is 17.3 Å². The number of ketones is 1. The first-order valence-corrected chi connectivity index (χ1v) is 8.49. The third-order valence-electron chi connectivity index (χ3n) is 3.55. The summed E-state index contributed by atoms with van der Waals surface area (Å²) in [7, 11) is 1.95. The molecule has 0 atom stereocenters. The predicted octanol–water partition coefficient (Wildman–Crippen LogP) is 4.70. The first-order valence-electron chi connectivity index (χ1n) is 8.49. The molecule has 0 aliphatic rings. The van der Waals surface area contributed by atoms with E-state index >= 15 is 0 Å². The highest BCUT2D eigenvalue weighted by atomic mass is 16.1. The van der Waals surface area contributed by atoms with Crippen molar-refractivity contribution in [3.8, 4) is 11.8 Å². The number of benzene rings is 1. The van der Waals surface area contributed by atoms with Crippen LogP contribution in [-0.4, -0.2) is 30.8 Å². The molecule has 130 valence electrons. The number of carbonyl (C=O) groups excluding carboxylic acids is 1. The Hall–Kier alpha value is -1.85. The van der Waals surface area contributed by atoms with Gasteiger partial charge in [-0.3, -0.25) is 9.69 Å². The molecule has 1 aromatic carbocycles. The molecule has 0 heterocycles. The normalized spacial score (nSPS) is 12.3. The van der Waals surface area contributed by atoms with E-state index in [1.54, 1.807) is 0 Å². The van der Waals surface area contributed by atoms with Gasteiger partial charge in [0, 0.05) is 17.5 Å². The van der Waals surface area contributed by atoms with Crippen molar-refractivity contribution in [1.29, 1.82) is 0 Å². The topological polar surface area (TPSA) is 20.3 Å². The maximum Gasteiger partial charge on any atom is 0.176 e. The number of allylic oxidation sites excluding steroid dienone is 1. The molecule has 0 saturated heterocycles. The summed E-state index contributed by atoms with van der Waals surface area (Å²) < 4.78 is 0. The van der Waals surface area contributed by atoms with Gasteiger partial charge in [0.15, 0.2) is 5.78 Å². The van der Waals surface area contributed by atoms with E-state index in [1.807, 2.05) is 36.2 Å². The van der Waals surface area contributed by atoms with Gasteiger partial charge < -0.3 is 0 Å². The van der Waals surface area contributed by atoms with Crippen molar-refractivity contribution in [2.45, 2.75) is 47.0 Å². The minimum atomic E-state index is 0.0193. The number of likely N-dealkylation sites (N-methyl/N-ethyl adjacent to an activating group) is 1. The van der Waals surface area contributed by atoms with Crippen LogP contribution in [0.5, 0.6) is 0 Å². The minimum Gasteiger partial charge on any atom is -0.295 e. The molecule has 1 rings (SSSR count). The molecular weight excluding hydrogens is 294 g/mol. The van der Waals surface area contributed by atoms with E-state index in [0.29, 0.717) is 13.1 Å². The van der Waals surface area contributed by atoms with Crippen molar-refractivity contribution in [1.82, 2.24) is 4.90 Å². The summed E-state index contributed by atoms with van der Waals surface area (Å²) in [5.41, 5.74) is 2.14. The number of carbonyl (C=O) groups is 1. The number of hydrogen-bond donors (Lipinski definition) is 0. The Morgan fingerprint density at radius 1 is 1.08 bits per heavy atom. The van der Waals surface area contributed by atoms with Crippen LogP contribution in [0.25, 0.3) is 0 Å². The zero-order chi connectivity index (χ0) is 18.4. The van der Waals surface area contributed by atoms with E-state index in [4.69, 9.17) is 0 Å². The van der Waals surface area contributed by atoms with E-state index in [0.717, 1.165) is 5.56 Å². The lowest BCUT2D eigenvalue weighted by atomic mass is 9.86. The van der Waals surface area contributed by atoms with Crippen LogP contribution >= 0.6 is 0 Å². The first-order chi connectivity index (χ1) is 11.0. The Morgan fingerprint density at radius 2 is 1.67 bits per heavy atom. The summed E-state index contributed by atoms with van der Waals surface area (Å²) in [6, 6.07) is 7.97. The largest absolute Gasteiger partial charge is 0.295 e. The second kappa shape index (κ2) is 8.31. The molecule has 1 aromatic rings. The highest BCUT2D eigenvalue weighted by molar-refractivity contribution is 5.97. The smallest absolute Gasteiger partial charge is 0.176 e. The molecular formula is C22H31NO. The van der Waals surface area contributed by atoms with Crippen LogP contribution < -0.4 is 0 Å². The fourth-order valence-electron chi connectivity index (χ4n) is 2.11. The molecule has 2 nitrogen and oxygen atoms in total. The van der Waals surface area contributed by atoms with Crippen LogP contribution in [0.15, 0.2) is 36.4 Å². The molecule has 0 aromatic heterocycles. The first kappa shape index (κ1) is 20.2. The van der Waals surface area contributed by atoms with E-state index in [2.05, 4.69) is 65.5 Å². The molecule has 0 bridgehead atoms. The fourth-order valence-corrected chi connectivity index (χ4v) is 2.11. The van der Waals surface area contributed by atoms with Crippen molar-refractivity contribution in [2.75, 3.05) is 20.1 Å². The molecule has 0 unspecified atom stereocenters. The quantitative estimate of drug-likeness (QED) is 0.577. The maximum absolute atomic E-state index is 12.3. The second-order valence-corrected chi connectivity index (χ2v) is 8.37. The molecule has 0 amide bonds. The maximum atomic E-state index is 12.3. The fraction of sp³-hybridized carbons (Fsp3) is 0.500. The number of rotatable bonds is 5. The van der Waals surface area contributed by atoms with Gasteiger partial charge in [-0.2, -0.15) is 0 Å². The molecule has 0 N–H and O–H groups in total. The second-order valence-electron chi connectivity index (χ2n) is 8.37.